The number of hydrogen-bond donors (Lipinski definition) is 2. The fraction of sp³-hybridized carbons (Fsp3) is 0.222. The van der Waals surface area contributed by atoms with Crippen LogP contribution in [0.2, 0.25) is 0 Å². The Labute approximate surface area is 238 Å². The molecule has 2 unspecified atom stereocenters. The third kappa shape index (κ3) is 9.18. The van der Waals surface area contributed by atoms with E-state index >= 15 is 0 Å². The van der Waals surface area contributed by atoms with E-state index in [-0.39, 0.29) is 116 Å². The summed E-state index contributed by atoms with van der Waals surface area (Å²) in [6.07, 6.45) is 0. The molecule has 126 valence electrons. The standard InChI is InChI=1S/C18H20N2O4.2K/c21-17(22)15(19-11-13-7-3-1-4-8-13)16(18(23)24)20-12-14-9-5-2-6-10-14;;/h1-10,15-16,19-20H,11-12H2,(H,21,22)(H,23,24);;/q;2*+1/p-2. The number of rotatable bonds is 9. The van der Waals surface area contributed by atoms with Gasteiger partial charge in [0.25, 0.3) is 0 Å². The summed E-state index contributed by atoms with van der Waals surface area (Å²) in [4.78, 5) is 22.7. The first-order valence-corrected chi connectivity index (χ1v) is 7.54. The molecule has 2 rings (SSSR count). The van der Waals surface area contributed by atoms with Gasteiger partial charge in [-0.3, -0.25) is 0 Å². The van der Waals surface area contributed by atoms with Crippen molar-refractivity contribution in [3.8, 4) is 0 Å². The van der Waals surface area contributed by atoms with Gasteiger partial charge in [-0.15, -0.1) is 0 Å². The summed E-state index contributed by atoms with van der Waals surface area (Å²) in [6.45, 7) is 0.409. The molecule has 0 heterocycles. The molecule has 2 atom stereocenters. The summed E-state index contributed by atoms with van der Waals surface area (Å²) in [6, 6.07) is 15.3. The minimum Gasteiger partial charge on any atom is -0.548 e. The topological polar surface area (TPSA) is 104 Å². The molecule has 0 aromatic heterocycles. The molecule has 0 fully saturated rings. The summed E-state index contributed by atoms with van der Waals surface area (Å²) in [7, 11) is 0. The number of carbonyl (C=O) groups excluding carboxylic acids is 2. The normalized spacial score (nSPS) is 12.2. The van der Waals surface area contributed by atoms with Crippen LogP contribution in [0.4, 0.5) is 0 Å². The number of benzene rings is 2. The van der Waals surface area contributed by atoms with Crippen molar-refractivity contribution in [3.05, 3.63) is 71.8 Å². The SMILES string of the molecule is O=C([O-])C(NCc1ccccc1)C(NCc1ccccc1)C(=O)[O-].[K+].[K+]. The second kappa shape index (κ2) is 14.6. The van der Waals surface area contributed by atoms with E-state index < -0.39 is 24.0 Å². The number of nitrogens with one attached hydrogen (secondary N) is 2. The van der Waals surface area contributed by atoms with Crippen molar-refractivity contribution in [2.24, 2.45) is 0 Å². The van der Waals surface area contributed by atoms with E-state index in [4.69, 9.17) is 0 Å². The molecule has 0 spiro atoms. The first-order valence-electron chi connectivity index (χ1n) is 7.54. The van der Waals surface area contributed by atoms with E-state index in [2.05, 4.69) is 10.6 Å². The number of hydrogen-bond acceptors (Lipinski definition) is 6. The maximum atomic E-state index is 11.4. The Morgan fingerprint density at radius 1 is 0.692 bits per heavy atom. The number of carboxylic acids is 2. The zero-order chi connectivity index (χ0) is 17.4. The molecule has 26 heavy (non-hydrogen) atoms. The van der Waals surface area contributed by atoms with Gasteiger partial charge in [-0.05, 0) is 11.1 Å². The zero-order valence-corrected chi connectivity index (χ0v) is 21.2. The fourth-order valence-electron chi connectivity index (χ4n) is 2.32. The third-order valence-electron chi connectivity index (χ3n) is 3.58. The average molecular weight is 405 g/mol. The molecule has 8 heteroatoms. The molecule has 0 bridgehead atoms. The van der Waals surface area contributed by atoms with Gasteiger partial charge in [0.15, 0.2) is 0 Å². The Kier molecular flexibility index (Phi) is 14.9. The summed E-state index contributed by atoms with van der Waals surface area (Å²) < 4.78 is 0. The van der Waals surface area contributed by atoms with Crippen LogP contribution in [-0.4, -0.2) is 24.0 Å². The predicted octanol–water partition coefficient (Wildman–Crippen LogP) is -7.19. The van der Waals surface area contributed by atoms with Gasteiger partial charge < -0.3 is 30.4 Å². The van der Waals surface area contributed by atoms with E-state index in [0.29, 0.717) is 0 Å². The minimum atomic E-state index is -1.50. The Morgan fingerprint density at radius 3 is 1.27 bits per heavy atom. The fourth-order valence-corrected chi connectivity index (χ4v) is 2.32. The van der Waals surface area contributed by atoms with Crippen LogP contribution in [0.5, 0.6) is 0 Å². The van der Waals surface area contributed by atoms with Crippen molar-refractivity contribution in [1.29, 1.82) is 0 Å². The molecular formula is C18H18K2N2O4. The molecule has 0 amide bonds. The van der Waals surface area contributed by atoms with Gasteiger partial charge in [-0.1, -0.05) is 60.7 Å². The summed E-state index contributed by atoms with van der Waals surface area (Å²) in [5.74, 6) is -3.00. The van der Waals surface area contributed by atoms with Crippen molar-refractivity contribution in [1.82, 2.24) is 10.6 Å². The molecule has 2 aromatic carbocycles. The van der Waals surface area contributed by atoms with Gasteiger partial charge in [-0.2, -0.15) is 0 Å². The van der Waals surface area contributed by atoms with Crippen molar-refractivity contribution < 1.29 is 123 Å². The largest absolute Gasteiger partial charge is 1.00 e. The minimum absolute atomic E-state index is 0. The van der Waals surface area contributed by atoms with Crippen LogP contribution in [0.25, 0.3) is 0 Å². The van der Waals surface area contributed by atoms with Crippen molar-refractivity contribution in [3.63, 3.8) is 0 Å². The average Bonchev–Trinajstić information content (AvgIpc) is 2.59. The maximum absolute atomic E-state index is 11.4. The predicted molar refractivity (Wildman–Crippen MR) is 84.2 cm³/mol. The summed E-state index contributed by atoms with van der Waals surface area (Å²) >= 11 is 0. The Morgan fingerprint density at radius 2 is 1.00 bits per heavy atom. The molecule has 0 aliphatic carbocycles. The molecule has 0 aliphatic heterocycles. The van der Waals surface area contributed by atoms with Gasteiger partial charge in [0, 0.05) is 13.1 Å². The smallest absolute Gasteiger partial charge is 0.548 e. The third-order valence-corrected chi connectivity index (χ3v) is 3.58. The quantitative estimate of drug-likeness (QED) is 0.403. The van der Waals surface area contributed by atoms with E-state index in [9.17, 15) is 19.8 Å². The molecule has 6 nitrogen and oxygen atoms in total. The Bertz CT molecular complexity index is 612. The molecule has 0 saturated heterocycles. The summed E-state index contributed by atoms with van der Waals surface area (Å²) in [5, 5.41) is 28.2. The van der Waals surface area contributed by atoms with Crippen molar-refractivity contribution >= 4 is 11.9 Å². The number of carboxylic acid groups (broad SMARTS) is 2. The monoisotopic (exact) mass is 404 g/mol. The van der Waals surface area contributed by atoms with Crippen LogP contribution in [0.1, 0.15) is 11.1 Å². The first kappa shape index (κ1) is 26.6. The number of carbonyl (C=O) groups is 2. The van der Waals surface area contributed by atoms with Crippen LogP contribution in [-0.2, 0) is 22.7 Å². The van der Waals surface area contributed by atoms with Crippen molar-refractivity contribution in [2.45, 2.75) is 25.2 Å². The molecule has 2 N–H and O–H groups in total. The van der Waals surface area contributed by atoms with Gasteiger partial charge in [0.2, 0.25) is 0 Å². The molecule has 0 radical (unpaired) electrons. The molecular weight excluding hydrogens is 386 g/mol. The second-order valence-electron chi connectivity index (χ2n) is 5.33. The van der Waals surface area contributed by atoms with Crippen molar-refractivity contribution in [2.75, 3.05) is 0 Å². The molecule has 0 aliphatic rings. The molecule has 0 saturated carbocycles. The Hall–Kier alpha value is 0.573. The van der Waals surface area contributed by atoms with Crippen LogP contribution >= 0.6 is 0 Å². The maximum Gasteiger partial charge on any atom is 1.00 e. The van der Waals surface area contributed by atoms with E-state index in [1.54, 1.807) is 0 Å². The van der Waals surface area contributed by atoms with E-state index in [0.717, 1.165) is 11.1 Å². The van der Waals surface area contributed by atoms with Crippen LogP contribution < -0.4 is 124 Å². The number of aliphatic carboxylic acids is 2. The Balaban J connectivity index is 0.00000312. The van der Waals surface area contributed by atoms with Gasteiger partial charge in [0.1, 0.15) is 0 Å². The van der Waals surface area contributed by atoms with Gasteiger partial charge in [0.05, 0.1) is 24.0 Å². The first-order chi connectivity index (χ1) is 11.6. The van der Waals surface area contributed by atoms with Crippen LogP contribution in [0.15, 0.2) is 60.7 Å². The summed E-state index contributed by atoms with van der Waals surface area (Å²) in [5.41, 5.74) is 1.67. The van der Waals surface area contributed by atoms with Gasteiger partial charge >= 0.3 is 103 Å². The van der Waals surface area contributed by atoms with E-state index in [1.165, 1.54) is 0 Å². The van der Waals surface area contributed by atoms with E-state index in [1.807, 2.05) is 60.7 Å². The van der Waals surface area contributed by atoms with Gasteiger partial charge in [-0.25, -0.2) is 0 Å². The zero-order valence-electron chi connectivity index (χ0n) is 15.0. The van der Waals surface area contributed by atoms with Crippen LogP contribution in [0, 0.1) is 0 Å². The van der Waals surface area contributed by atoms with Crippen LogP contribution in [0.3, 0.4) is 0 Å². The second-order valence-corrected chi connectivity index (χ2v) is 5.33. The molecule has 2 aromatic rings.